The third-order valence-electron chi connectivity index (χ3n) is 6.97. The molecule has 3 aromatic rings. The van der Waals surface area contributed by atoms with Crippen LogP contribution in [0.25, 0.3) is 16.3 Å². The lowest BCUT2D eigenvalue weighted by molar-refractivity contribution is -0.150. The quantitative estimate of drug-likeness (QED) is 0.157. The molecule has 222 valence electrons. The number of carbonyl (C=O) groups excluding carboxylic acids is 3. The van der Waals surface area contributed by atoms with Crippen LogP contribution in [0.5, 0.6) is 5.75 Å². The Morgan fingerprint density at radius 1 is 1.05 bits per heavy atom. The van der Waals surface area contributed by atoms with Crippen molar-refractivity contribution in [3.63, 3.8) is 0 Å². The molecule has 4 rings (SSSR count). The third-order valence-corrected chi connectivity index (χ3v) is 6.97. The van der Waals surface area contributed by atoms with Crippen LogP contribution in [-0.2, 0) is 19.2 Å². The second kappa shape index (κ2) is 13.5. The number of Topliss-reactive ketones (excluding diaryl/α,β-unsaturated/α-hetero) is 1. The van der Waals surface area contributed by atoms with Gasteiger partial charge in [-0.15, -0.1) is 0 Å². The van der Waals surface area contributed by atoms with Crippen molar-refractivity contribution in [2.24, 2.45) is 11.1 Å². The number of hydrogen-bond acceptors (Lipinski definition) is 7. The lowest BCUT2D eigenvalue weighted by atomic mass is 9.89. The van der Waals surface area contributed by atoms with E-state index in [0.717, 1.165) is 10.8 Å². The van der Waals surface area contributed by atoms with Gasteiger partial charge in [-0.2, -0.15) is 4.79 Å². The van der Waals surface area contributed by atoms with Gasteiger partial charge in [0.1, 0.15) is 18.4 Å². The van der Waals surface area contributed by atoms with Gasteiger partial charge in [0.15, 0.2) is 0 Å². The van der Waals surface area contributed by atoms with Gasteiger partial charge < -0.3 is 30.8 Å². The van der Waals surface area contributed by atoms with Crippen molar-refractivity contribution in [2.45, 2.75) is 44.4 Å². The van der Waals surface area contributed by atoms with Crippen molar-refractivity contribution < 1.29 is 38.6 Å². The smallest absolute Gasteiger partial charge is 0.325 e. The van der Waals surface area contributed by atoms with Gasteiger partial charge in [-0.3, -0.25) is 19.2 Å². The fourth-order valence-electron chi connectivity index (χ4n) is 4.68. The molecule has 43 heavy (non-hydrogen) atoms. The normalized spacial score (nSPS) is 17.1. The lowest BCUT2D eigenvalue weighted by Crippen LogP contribution is -2.56. The molecule has 12 nitrogen and oxygen atoms in total. The van der Waals surface area contributed by atoms with Crippen LogP contribution in [0.1, 0.15) is 37.0 Å². The van der Waals surface area contributed by atoms with Crippen LogP contribution in [0.2, 0.25) is 0 Å². The van der Waals surface area contributed by atoms with Crippen molar-refractivity contribution in [3.8, 4) is 5.75 Å². The highest BCUT2D eigenvalue weighted by Gasteiger charge is 2.50. The van der Waals surface area contributed by atoms with E-state index in [9.17, 15) is 24.3 Å². The zero-order valence-corrected chi connectivity index (χ0v) is 23.6. The highest BCUT2D eigenvalue weighted by Crippen LogP contribution is 2.29. The van der Waals surface area contributed by atoms with Gasteiger partial charge >= 0.3 is 12.2 Å². The summed E-state index contributed by atoms with van der Waals surface area (Å²) in [6, 6.07) is 19.5. The molecule has 0 spiro atoms. The van der Waals surface area contributed by atoms with Crippen LogP contribution >= 0.6 is 0 Å². The first-order valence-electron chi connectivity index (χ1n) is 13.6. The number of rotatable bonds is 13. The summed E-state index contributed by atoms with van der Waals surface area (Å²) in [5.74, 6) is -3.23. The van der Waals surface area contributed by atoms with Crippen LogP contribution in [0, 0.1) is 5.92 Å². The Morgan fingerprint density at radius 2 is 1.74 bits per heavy atom. The van der Waals surface area contributed by atoms with Crippen LogP contribution in [0.15, 0.2) is 78.0 Å². The number of nitrogens with zero attached hydrogens (tertiary/aromatic N) is 3. The molecule has 0 bridgehead atoms. The maximum atomic E-state index is 13.7. The first kappa shape index (κ1) is 30.6. The molecule has 0 aliphatic carbocycles. The second-order valence-electron chi connectivity index (χ2n) is 10.5. The van der Waals surface area contributed by atoms with Gasteiger partial charge in [-0.25, -0.2) is 0 Å². The Bertz CT molecular complexity index is 1600. The molecule has 3 aromatic carbocycles. The van der Waals surface area contributed by atoms with Crippen LogP contribution < -0.4 is 15.4 Å². The molecule has 0 saturated heterocycles. The Labute approximate surface area is 247 Å². The highest BCUT2D eigenvalue weighted by atomic mass is 16.7. The van der Waals surface area contributed by atoms with Gasteiger partial charge in [0, 0.05) is 12.0 Å². The Kier molecular flexibility index (Phi) is 9.64. The van der Waals surface area contributed by atoms with E-state index in [0.29, 0.717) is 23.2 Å². The number of fused-ring (bicyclic) bond motifs is 1. The summed E-state index contributed by atoms with van der Waals surface area (Å²) >= 11 is 0. The summed E-state index contributed by atoms with van der Waals surface area (Å²) in [6.45, 7) is 3.41. The SMILES string of the molecule is CC(C)C(NC(=O)c1ccc2ccccc2c1)C1=NOC(COc2ccccc2)(C(=O)N[C@@H](CC(=O)O)C(=O)C=[N+]=[N-])C1. The summed E-state index contributed by atoms with van der Waals surface area (Å²) in [4.78, 5) is 59.1. The van der Waals surface area contributed by atoms with Crippen LogP contribution in [-0.4, -0.2) is 69.7 Å². The number of carboxylic acids is 1. The minimum atomic E-state index is -1.81. The van der Waals surface area contributed by atoms with E-state index in [-0.39, 0.29) is 24.9 Å². The van der Waals surface area contributed by atoms with E-state index in [1.54, 1.807) is 42.5 Å². The number of para-hydroxylation sites is 1. The fraction of sp³-hybridized carbons (Fsp3) is 0.290. The number of carbonyl (C=O) groups is 4. The number of aliphatic carboxylic acids is 1. The fourth-order valence-corrected chi connectivity index (χ4v) is 4.68. The zero-order chi connectivity index (χ0) is 31.0. The number of ether oxygens (including phenoxy) is 1. The maximum absolute atomic E-state index is 13.7. The summed E-state index contributed by atoms with van der Waals surface area (Å²) in [6.07, 6.45) is -0.388. The number of nitrogens with one attached hydrogen (secondary N) is 2. The van der Waals surface area contributed by atoms with Gasteiger partial charge in [-0.05, 0) is 41.0 Å². The Balaban J connectivity index is 1.58. The van der Waals surface area contributed by atoms with Crippen molar-refractivity contribution in [3.05, 3.63) is 83.9 Å². The van der Waals surface area contributed by atoms with Crippen molar-refractivity contribution in [2.75, 3.05) is 6.61 Å². The zero-order valence-electron chi connectivity index (χ0n) is 23.6. The van der Waals surface area contributed by atoms with Gasteiger partial charge in [0.25, 0.3) is 23.2 Å². The van der Waals surface area contributed by atoms with Gasteiger partial charge in [-0.1, -0.05) is 67.5 Å². The number of oxime groups is 1. The second-order valence-corrected chi connectivity index (χ2v) is 10.5. The molecule has 3 N–H and O–H groups in total. The van der Waals surface area contributed by atoms with Crippen LogP contribution in [0.4, 0.5) is 0 Å². The average molecular weight is 586 g/mol. The van der Waals surface area contributed by atoms with E-state index >= 15 is 0 Å². The number of amides is 2. The van der Waals surface area contributed by atoms with Gasteiger partial charge in [0.05, 0.1) is 18.2 Å². The molecule has 1 aliphatic rings. The summed E-state index contributed by atoms with van der Waals surface area (Å²) in [5, 5.41) is 20.7. The molecule has 0 radical (unpaired) electrons. The van der Waals surface area contributed by atoms with Crippen molar-refractivity contribution in [1.82, 2.24) is 10.6 Å². The molecule has 12 heteroatoms. The average Bonchev–Trinajstić information content (AvgIpc) is 3.43. The summed E-state index contributed by atoms with van der Waals surface area (Å²) < 4.78 is 5.85. The molecule has 1 aliphatic heterocycles. The van der Waals surface area contributed by atoms with E-state index < -0.39 is 41.8 Å². The van der Waals surface area contributed by atoms with E-state index in [1.165, 1.54) is 0 Å². The molecular formula is C31H31N5O7. The molecular weight excluding hydrogens is 554 g/mol. The monoisotopic (exact) mass is 585 g/mol. The van der Waals surface area contributed by atoms with E-state index in [4.69, 9.17) is 15.1 Å². The standard InChI is InChI=1S/C31H31N5O7/c1-19(2)28(35-29(40)22-13-12-20-8-6-7-9-21(20)14-22)25-16-31(43-36-25,18-42-23-10-4-3-5-11-23)30(41)34-24(15-27(38)39)26(37)17-33-32/h3-14,17,19,24,28H,15-16,18H2,1-2H3,(H,34,41)(H,35,40)(H,38,39)/t24-,28?,31?/m0/s1. The number of benzene rings is 3. The molecule has 2 amide bonds. The predicted molar refractivity (Wildman–Crippen MR) is 157 cm³/mol. The van der Waals surface area contributed by atoms with Crippen molar-refractivity contribution in [1.29, 1.82) is 0 Å². The number of hydrogen-bond donors (Lipinski definition) is 3. The molecule has 0 saturated carbocycles. The summed E-state index contributed by atoms with van der Waals surface area (Å²) in [7, 11) is 0. The van der Waals surface area contributed by atoms with Crippen molar-refractivity contribution >= 4 is 46.3 Å². The third kappa shape index (κ3) is 7.49. The predicted octanol–water partition coefficient (Wildman–Crippen LogP) is 3.02. The topological polar surface area (TPSA) is 180 Å². The number of ketones is 1. The molecule has 2 unspecified atom stereocenters. The first-order valence-corrected chi connectivity index (χ1v) is 13.6. The maximum Gasteiger partial charge on any atom is 0.325 e. The number of carboxylic acid groups (broad SMARTS) is 1. The minimum absolute atomic E-state index is 0.130. The first-order chi connectivity index (χ1) is 20.6. The highest BCUT2D eigenvalue weighted by molar-refractivity contribution is 6.28. The van der Waals surface area contributed by atoms with E-state index in [2.05, 4.69) is 20.6 Å². The van der Waals surface area contributed by atoms with E-state index in [1.807, 2.05) is 44.2 Å². The lowest BCUT2D eigenvalue weighted by Gasteiger charge is -2.28. The minimum Gasteiger partial charge on any atom is -0.489 e. The van der Waals surface area contributed by atoms with Gasteiger partial charge in [0.2, 0.25) is 0 Å². The Hall–Kier alpha value is -5.35. The largest absolute Gasteiger partial charge is 0.489 e. The molecule has 1 heterocycles. The van der Waals surface area contributed by atoms with Crippen LogP contribution in [0.3, 0.4) is 0 Å². The molecule has 3 atom stereocenters. The molecule has 0 aromatic heterocycles. The summed E-state index contributed by atoms with van der Waals surface area (Å²) in [5.41, 5.74) is 7.77. The Morgan fingerprint density at radius 3 is 2.42 bits per heavy atom. The molecule has 0 fully saturated rings.